The summed E-state index contributed by atoms with van der Waals surface area (Å²) in [6.45, 7) is 8.31. The summed E-state index contributed by atoms with van der Waals surface area (Å²) in [5, 5.41) is 9.12. The molecule has 0 fully saturated rings. The van der Waals surface area contributed by atoms with Crippen LogP contribution in [-0.2, 0) is 13.0 Å². The number of carboxylic acids is 1. The first-order chi connectivity index (χ1) is 7.38. The Bertz CT molecular complexity index is 426. The zero-order chi connectivity index (χ0) is 11.9. The average molecular weight is 248 g/mol. The number of aromatic nitrogens is 1. The summed E-state index contributed by atoms with van der Waals surface area (Å²) in [6.07, 6.45) is 0.858. The summed E-state index contributed by atoms with van der Waals surface area (Å²) in [7, 11) is 0. The number of aromatic carboxylic acids is 1. The van der Waals surface area contributed by atoms with Crippen LogP contribution in [-0.4, -0.2) is 51.9 Å². The van der Waals surface area contributed by atoms with Crippen LogP contribution < -0.4 is 0 Å². The Balaban J connectivity index is 0.00000144. The van der Waals surface area contributed by atoms with Crippen LogP contribution in [0.2, 0.25) is 0 Å². The number of hydrogen-bond acceptors (Lipinski definition) is 4. The van der Waals surface area contributed by atoms with Crippen LogP contribution in [0, 0.1) is 0 Å². The van der Waals surface area contributed by atoms with E-state index >= 15 is 0 Å². The predicted molar refractivity (Wildman–Crippen MR) is 70.1 cm³/mol. The molecule has 1 aromatic heterocycles. The van der Waals surface area contributed by atoms with Crippen LogP contribution in [0.1, 0.15) is 41.1 Å². The van der Waals surface area contributed by atoms with Crippen molar-refractivity contribution in [3.63, 3.8) is 0 Å². The first kappa shape index (κ1) is 14.7. The van der Waals surface area contributed by atoms with E-state index in [-0.39, 0.29) is 29.4 Å². The summed E-state index contributed by atoms with van der Waals surface area (Å²) in [6, 6.07) is 0. The van der Waals surface area contributed by atoms with Crippen LogP contribution in [0.4, 0.5) is 0 Å². The summed E-state index contributed by atoms with van der Waals surface area (Å²) in [5.74, 6) is -0.915. The van der Waals surface area contributed by atoms with E-state index < -0.39 is 5.97 Å². The van der Waals surface area contributed by atoms with E-state index in [0.717, 1.165) is 30.1 Å². The maximum atomic E-state index is 10.8. The van der Waals surface area contributed by atoms with Crippen molar-refractivity contribution in [1.82, 2.24) is 9.88 Å². The fourth-order valence-corrected chi connectivity index (χ4v) is 2.82. The molecular formula is C11H17LiN2O2S. The molecule has 0 saturated carbocycles. The van der Waals surface area contributed by atoms with Crippen molar-refractivity contribution >= 4 is 36.2 Å². The van der Waals surface area contributed by atoms with Crippen molar-refractivity contribution < 1.29 is 9.90 Å². The van der Waals surface area contributed by atoms with Gasteiger partial charge in [0.15, 0.2) is 0 Å². The van der Waals surface area contributed by atoms with Gasteiger partial charge in [0, 0.05) is 29.9 Å². The molecular weight excluding hydrogens is 231 g/mol. The van der Waals surface area contributed by atoms with Gasteiger partial charge in [-0.25, -0.2) is 9.78 Å². The second kappa shape index (κ2) is 5.11. The molecule has 0 saturated heterocycles. The maximum absolute atomic E-state index is 10.8. The van der Waals surface area contributed by atoms with Gasteiger partial charge in [0.1, 0.15) is 0 Å². The van der Waals surface area contributed by atoms with E-state index in [0.29, 0.717) is 0 Å². The third-order valence-corrected chi connectivity index (χ3v) is 3.93. The Hall–Kier alpha value is -0.343. The number of thiazole rings is 1. The molecule has 0 unspecified atom stereocenters. The molecule has 1 aromatic rings. The van der Waals surface area contributed by atoms with E-state index in [1.54, 1.807) is 0 Å². The van der Waals surface area contributed by atoms with E-state index in [1.165, 1.54) is 11.3 Å². The van der Waals surface area contributed by atoms with Crippen molar-refractivity contribution in [3.8, 4) is 0 Å². The van der Waals surface area contributed by atoms with Gasteiger partial charge >= 0.3 is 24.8 Å². The Morgan fingerprint density at radius 1 is 1.47 bits per heavy atom. The molecule has 1 aliphatic rings. The molecule has 4 nitrogen and oxygen atoms in total. The second-order valence-corrected chi connectivity index (χ2v) is 6.12. The van der Waals surface area contributed by atoms with Crippen LogP contribution in [0.3, 0.4) is 0 Å². The van der Waals surface area contributed by atoms with Gasteiger partial charge in [-0.15, -0.1) is 11.3 Å². The van der Waals surface area contributed by atoms with Gasteiger partial charge in [0.25, 0.3) is 0 Å². The van der Waals surface area contributed by atoms with Gasteiger partial charge in [0.05, 0.1) is 5.69 Å². The van der Waals surface area contributed by atoms with Crippen molar-refractivity contribution in [2.75, 3.05) is 6.54 Å². The zero-order valence-electron chi connectivity index (χ0n) is 9.78. The molecule has 0 bridgehead atoms. The molecule has 17 heavy (non-hydrogen) atoms. The van der Waals surface area contributed by atoms with Crippen molar-refractivity contribution in [2.45, 2.75) is 39.3 Å². The Kier molecular flexibility index (Phi) is 4.42. The topological polar surface area (TPSA) is 53.4 Å². The second-order valence-electron chi connectivity index (χ2n) is 5.04. The first-order valence-corrected chi connectivity index (χ1v) is 6.16. The molecule has 0 radical (unpaired) electrons. The molecule has 0 aromatic carbocycles. The van der Waals surface area contributed by atoms with Gasteiger partial charge in [-0.05, 0) is 20.8 Å². The minimum absolute atomic E-state index is 0. The summed E-state index contributed by atoms with van der Waals surface area (Å²) < 4.78 is 0. The Labute approximate surface area is 117 Å². The summed E-state index contributed by atoms with van der Waals surface area (Å²) in [5.41, 5.74) is 1.10. The molecule has 6 heteroatoms. The van der Waals surface area contributed by atoms with Crippen LogP contribution in [0.15, 0.2) is 0 Å². The van der Waals surface area contributed by atoms with Gasteiger partial charge in [0.2, 0.25) is 5.01 Å². The Morgan fingerprint density at radius 2 is 2.12 bits per heavy atom. The number of carbonyl (C=O) groups is 1. The van der Waals surface area contributed by atoms with Crippen molar-refractivity contribution in [1.29, 1.82) is 0 Å². The quantitative estimate of drug-likeness (QED) is 0.762. The molecule has 2 heterocycles. The van der Waals surface area contributed by atoms with E-state index in [9.17, 15) is 4.79 Å². The van der Waals surface area contributed by atoms with Crippen LogP contribution in [0.25, 0.3) is 0 Å². The molecule has 0 atom stereocenters. The standard InChI is InChI=1S/C11H16N2O2S.Li.H/c1-11(2,3)13-5-4-7-8(6-13)16-9(12-7)10(14)15;;/h4-6H2,1-3H3,(H,14,15);;. The number of fused-ring (bicyclic) bond motifs is 1. The average Bonchev–Trinajstić information content (AvgIpc) is 2.58. The van der Waals surface area contributed by atoms with Crippen molar-refractivity contribution in [2.24, 2.45) is 0 Å². The summed E-state index contributed by atoms with van der Waals surface area (Å²) >= 11 is 1.31. The number of hydrogen-bond donors (Lipinski definition) is 1. The van der Waals surface area contributed by atoms with Gasteiger partial charge in [-0.1, -0.05) is 0 Å². The fraction of sp³-hybridized carbons (Fsp3) is 0.636. The Morgan fingerprint density at radius 3 is 2.65 bits per heavy atom. The summed E-state index contributed by atoms with van der Waals surface area (Å²) in [4.78, 5) is 18.5. The molecule has 0 spiro atoms. The van der Waals surface area contributed by atoms with Crippen LogP contribution >= 0.6 is 11.3 Å². The van der Waals surface area contributed by atoms with E-state index in [2.05, 4.69) is 30.7 Å². The fourth-order valence-electron chi connectivity index (χ4n) is 1.86. The number of nitrogens with zero attached hydrogens (tertiary/aromatic N) is 2. The molecule has 1 N–H and O–H groups in total. The van der Waals surface area contributed by atoms with Gasteiger partial charge < -0.3 is 5.11 Å². The van der Waals surface area contributed by atoms with Crippen LogP contribution in [0.5, 0.6) is 0 Å². The third-order valence-electron chi connectivity index (χ3n) is 2.86. The van der Waals surface area contributed by atoms with E-state index in [4.69, 9.17) is 5.11 Å². The van der Waals surface area contributed by atoms with Gasteiger partial charge in [-0.2, -0.15) is 0 Å². The molecule has 1 aliphatic heterocycles. The minimum atomic E-state index is -0.915. The number of carboxylic acid groups (broad SMARTS) is 1. The third kappa shape index (κ3) is 3.11. The number of rotatable bonds is 1. The normalized spacial score (nSPS) is 16.2. The SMILES string of the molecule is CC(C)(C)N1CCc2nc(C(=O)O)sc2C1.[LiH]. The monoisotopic (exact) mass is 248 g/mol. The van der Waals surface area contributed by atoms with Crippen molar-refractivity contribution in [3.05, 3.63) is 15.6 Å². The molecule has 2 rings (SSSR count). The molecule has 90 valence electrons. The first-order valence-electron chi connectivity index (χ1n) is 5.35. The molecule has 0 amide bonds. The van der Waals surface area contributed by atoms with E-state index in [1.807, 2.05) is 0 Å². The van der Waals surface area contributed by atoms with Gasteiger partial charge in [-0.3, -0.25) is 4.90 Å². The zero-order valence-corrected chi connectivity index (χ0v) is 10.6. The predicted octanol–water partition coefficient (Wildman–Crippen LogP) is 1.35. The molecule has 0 aliphatic carbocycles.